The topological polar surface area (TPSA) is 94.4 Å². The van der Waals surface area contributed by atoms with E-state index in [0.717, 1.165) is 18.6 Å². The first kappa shape index (κ1) is 26.5. The quantitative estimate of drug-likeness (QED) is 0.307. The molecular formula is C18H23F6N3O4. The maximum Gasteiger partial charge on any atom is 0.434 e. The lowest BCUT2D eigenvalue weighted by Crippen LogP contribution is -2.53. The van der Waals surface area contributed by atoms with Crippen LogP contribution in [0.5, 0.6) is 0 Å². The molecule has 1 aromatic rings. The largest absolute Gasteiger partial charge is 0.463 e. The Balaban J connectivity index is 3.25. The lowest BCUT2D eigenvalue weighted by molar-refractivity contribution is -0.376. The number of nitrogens with one attached hydrogen (secondary N) is 1. The van der Waals surface area contributed by atoms with Crippen molar-refractivity contribution in [2.75, 3.05) is 32.1 Å². The van der Waals surface area contributed by atoms with Gasteiger partial charge in [-0.25, -0.2) is 4.79 Å². The van der Waals surface area contributed by atoms with Crippen molar-refractivity contribution in [3.05, 3.63) is 29.8 Å². The van der Waals surface area contributed by atoms with Crippen LogP contribution in [-0.2, 0) is 10.3 Å². The van der Waals surface area contributed by atoms with Crippen molar-refractivity contribution in [2.24, 2.45) is 4.99 Å². The van der Waals surface area contributed by atoms with Gasteiger partial charge in [-0.05, 0) is 18.6 Å². The number of halogens is 6. The summed E-state index contributed by atoms with van der Waals surface area (Å²) < 4.78 is 82.9. The molecule has 0 aliphatic carbocycles. The number of hydrogen-bond acceptors (Lipinski definition) is 3. The number of amides is 1. The second-order valence-electron chi connectivity index (χ2n) is 6.46. The normalized spacial score (nSPS) is 13.3. The molecule has 176 valence electrons. The van der Waals surface area contributed by atoms with Gasteiger partial charge in [0.25, 0.3) is 5.60 Å². The van der Waals surface area contributed by atoms with Crippen molar-refractivity contribution in [3.63, 3.8) is 0 Å². The number of aliphatic imine (C=N–C) groups is 1. The van der Waals surface area contributed by atoms with Crippen molar-refractivity contribution >= 4 is 17.7 Å². The molecule has 1 aromatic carbocycles. The van der Waals surface area contributed by atoms with Gasteiger partial charge in [0.1, 0.15) is 0 Å². The molecule has 0 spiro atoms. The van der Waals surface area contributed by atoms with E-state index in [0.29, 0.717) is 25.1 Å². The molecule has 3 N–H and O–H groups in total. The van der Waals surface area contributed by atoms with E-state index in [2.05, 4.69) is 10.3 Å². The second kappa shape index (κ2) is 10.7. The molecule has 0 aliphatic heterocycles. The summed E-state index contributed by atoms with van der Waals surface area (Å²) in [5.41, 5.74) is -6.52. The number of methoxy groups -OCH3 is 1. The van der Waals surface area contributed by atoms with Crippen LogP contribution in [0.15, 0.2) is 29.3 Å². The summed E-state index contributed by atoms with van der Waals surface area (Å²) in [5.74, 6) is -0.173. The minimum absolute atomic E-state index is 0.0330. The first-order valence-corrected chi connectivity index (χ1v) is 9.06. The first-order chi connectivity index (χ1) is 14.3. The average molecular weight is 459 g/mol. The molecule has 1 rings (SSSR count). The van der Waals surface area contributed by atoms with Crippen molar-refractivity contribution < 1.29 is 46.1 Å². The Labute approximate surface area is 174 Å². The van der Waals surface area contributed by atoms with Gasteiger partial charge < -0.3 is 25.2 Å². The number of carbonyl (C=O) groups is 1. The molecule has 0 atom stereocenters. The molecule has 0 bridgehead atoms. The number of ether oxygens (including phenoxy) is 1. The number of alkyl halides is 6. The van der Waals surface area contributed by atoms with Gasteiger partial charge >= 0.3 is 18.4 Å². The van der Waals surface area contributed by atoms with Crippen LogP contribution in [0, 0.1) is 0 Å². The minimum atomic E-state index is -6.01. The Morgan fingerprint density at radius 1 is 1.10 bits per heavy atom. The van der Waals surface area contributed by atoms with E-state index in [1.54, 1.807) is 0 Å². The number of anilines is 1. The van der Waals surface area contributed by atoms with Crippen LogP contribution in [-0.4, -0.2) is 66.3 Å². The predicted octanol–water partition coefficient (Wildman–Crippen LogP) is 4.19. The molecule has 0 saturated heterocycles. The number of hydrogen-bond donors (Lipinski definition) is 3. The highest BCUT2D eigenvalue weighted by Crippen LogP contribution is 2.50. The number of rotatable bonds is 8. The van der Waals surface area contributed by atoms with Crippen molar-refractivity contribution in [1.29, 1.82) is 0 Å². The molecule has 0 unspecified atom stereocenters. The summed E-state index contributed by atoms with van der Waals surface area (Å²) in [7, 11) is 1.43. The average Bonchev–Trinajstić information content (AvgIpc) is 2.65. The highest BCUT2D eigenvalue weighted by atomic mass is 19.4. The van der Waals surface area contributed by atoms with Crippen LogP contribution in [0.2, 0.25) is 0 Å². The number of nitrogens with zero attached hydrogens (tertiary/aromatic N) is 2. The highest BCUT2D eigenvalue weighted by Gasteiger charge is 2.71. The van der Waals surface area contributed by atoms with Gasteiger partial charge in [0.15, 0.2) is 0 Å². The van der Waals surface area contributed by atoms with E-state index in [-0.39, 0.29) is 24.8 Å². The summed E-state index contributed by atoms with van der Waals surface area (Å²) >= 11 is 0. The first-order valence-electron chi connectivity index (χ1n) is 9.06. The van der Waals surface area contributed by atoms with Crippen LogP contribution in [0.25, 0.3) is 0 Å². The molecule has 0 radical (unpaired) electrons. The summed E-state index contributed by atoms with van der Waals surface area (Å²) in [6.07, 6.45) is -12.1. The molecule has 0 saturated carbocycles. The summed E-state index contributed by atoms with van der Waals surface area (Å²) in [6, 6.07) is 2.60. The summed E-state index contributed by atoms with van der Waals surface area (Å²) in [6.45, 7) is 2.72. The van der Waals surface area contributed by atoms with Gasteiger partial charge in [-0.2, -0.15) is 26.3 Å². The highest BCUT2D eigenvalue weighted by molar-refractivity contribution is 5.99. The zero-order valence-electron chi connectivity index (χ0n) is 16.7. The molecule has 31 heavy (non-hydrogen) atoms. The number of guanidine groups is 1. The molecule has 13 heteroatoms. The van der Waals surface area contributed by atoms with Gasteiger partial charge in [0.05, 0.1) is 6.61 Å². The third-order valence-electron chi connectivity index (χ3n) is 4.23. The second-order valence-corrected chi connectivity index (χ2v) is 6.46. The minimum Gasteiger partial charge on any atom is -0.463 e. The lowest BCUT2D eigenvalue weighted by atomic mass is 9.92. The van der Waals surface area contributed by atoms with Gasteiger partial charge in [-0.1, -0.05) is 25.5 Å². The van der Waals surface area contributed by atoms with Crippen LogP contribution in [0.1, 0.15) is 25.3 Å². The van der Waals surface area contributed by atoms with Gasteiger partial charge in [-0.15, -0.1) is 4.99 Å². The Hall–Kier alpha value is -2.54. The Morgan fingerprint density at radius 3 is 2.06 bits per heavy atom. The van der Waals surface area contributed by atoms with E-state index in [1.807, 2.05) is 6.92 Å². The zero-order chi connectivity index (χ0) is 23.9. The SMILES string of the molecule is CCCCN(CCOC)C(=NC(=O)O)Nc1ccc(C(O)(C(F)(F)F)C(F)(F)F)cc1. The van der Waals surface area contributed by atoms with Crippen LogP contribution < -0.4 is 5.32 Å². The number of benzene rings is 1. The molecule has 0 aromatic heterocycles. The number of carboxylic acid groups (broad SMARTS) is 1. The van der Waals surface area contributed by atoms with E-state index in [4.69, 9.17) is 9.84 Å². The van der Waals surface area contributed by atoms with Gasteiger partial charge in [-0.3, -0.25) is 0 Å². The maximum atomic E-state index is 13.0. The summed E-state index contributed by atoms with van der Waals surface area (Å²) in [5, 5.41) is 21.0. The van der Waals surface area contributed by atoms with Crippen LogP contribution >= 0.6 is 0 Å². The Morgan fingerprint density at radius 2 is 1.65 bits per heavy atom. The monoisotopic (exact) mass is 459 g/mol. The molecule has 0 aliphatic rings. The predicted molar refractivity (Wildman–Crippen MR) is 99.9 cm³/mol. The maximum absolute atomic E-state index is 13.0. The van der Waals surface area contributed by atoms with Crippen LogP contribution in [0.4, 0.5) is 36.8 Å². The zero-order valence-corrected chi connectivity index (χ0v) is 16.7. The lowest BCUT2D eigenvalue weighted by Gasteiger charge is -2.32. The molecule has 7 nitrogen and oxygen atoms in total. The van der Waals surface area contributed by atoms with Gasteiger partial charge in [0, 0.05) is 31.5 Å². The fraction of sp³-hybridized carbons (Fsp3) is 0.556. The fourth-order valence-corrected chi connectivity index (χ4v) is 2.55. The molecule has 1 amide bonds. The molecular weight excluding hydrogens is 436 g/mol. The smallest absolute Gasteiger partial charge is 0.434 e. The van der Waals surface area contributed by atoms with Crippen LogP contribution in [0.3, 0.4) is 0 Å². The Bertz CT molecular complexity index is 728. The number of unbranched alkanes of at least 4 members (excludes halogenated alkanes) is 1. The summed E-state index contributed by atoms with van der Waals surface area (Å²) in [4.78, 5) is 16.0. The Kier molecular flexibility index (Phi) is 9.11. The third kappa shape index (κ3) is 6.72. The van der Waals surface area contributed by atoms with E-state index < -0.39 is 29.6 Å². The van der Waals surface area contributed by atoms with Crippen molar-refractivity contribution in [2.45, 2.75) is 37.7 Å². The van der Waals surface area contributed by atoms with E-state index >= 15 is 0 Å². The molecule has 0 fully saturated rings. The van der Waals surface area contributed by atoms with Gasteiger partial charge in [0.2, 0.25) is 5.96 Å². The third-order valence-corrected chi connectivity index (χ3v) is 4.23. The fourth-order valence-electron chi connectivity index (χ4n) is 2.55. The van der Waals surface area contributed by atoms with Crippen molar-refractivity contribution in [3.8, 4) is 0 Å². The van der Waals surface area contributed by atoms with E-state index in [1.165, 1.54) is 12.0 Å². The molecule has 0 heterocycles. The number of aliphatic hydroxyl groups is 1. The van der Waals surface area contributed by atoms with Crippen molar-refractivity contribution in [1.82, 2.24) is 4.90 Å². The van der Waals surface area contributed by atoms with E-state index in [9.17, 15) is 36.2 Å². The standard InChI is InChI=1S/C18H23F6N3O4/c1-3-4-9-27(10-11-31-2)14(26-15(28)29)25-13-7-5-12(6-8-13)16(30,17(19,20)21)18(22,23)24/h5-8,30H,3-4,9-11H2,1-2H3,(H,25,26)(H,28,29).